The molecule has 1 aliphatic carbocycles. The molecule has 1 saturated carbocycles. The van der Waals surface area contributed by atoms with Gasteiger partial charge in [-0.1, -0.05) is 24.4 Å². The Labute approximate surface area is 157 Å². The van der Waals surface area contributed by atoms with Crippen LogP contribution in [0.3, 0.4) is 0 Å². The second-order valence-corrected chi connectivity index (χ2v) is 7.06. The Balaban J connectivity index is 1.92. The molecule has 2 atom stereocenters. The van der Waals surface area contributed by atoms with Crippen molar-refractivity contribution in [2.45, 2.75) is 44.7 Å². The Kier molecular flexibility index (Phi) is 5.58. The molecule has 2 aromatic heterocycles. The Morgan fingerprint density at radius 3 is 2.69 bits per heavy atom. The van der Waals surface area contributed by atoms with Crippen LogP contribution in [-0.2, 0) is 0 Å². The van der Waals surface area contributed by atoms with Gasteiger partial charge in [-0.15, -0.1) is 0 Å². The number of rotatable bonds is 5. The number of pyridine rings is 2. The monoisotopic (exact) mass is 374 g/mol. The van der Waals surface area contributed by atoms with E-state index in [4.69, 9.17) is 23.1 Å². The average Bonchev–Trinajstić information content (AvgIpc) is 2.59. The van der Waals surface area contributed by atoms with Gasteiger partial charge in [0, 0.05) is 18.3 Å². The number of hydrogen-bond acceptors (Lipinski definition) is 6. The van der Waals surface area contributed by atoms with Crippen LogP contribution in [-0.4, -0.2) is 28.0 Å². The second kappa shape index (κ2) is 7.88. The summed E-state index contributed by atoms with van der Waals surface area (Å²) < 4.78 is 0. The van der Waals surface area contributed by atoms with Crippen LogP contribution < -0.4 is 22.1 Å². The minimum absolute atomic E-state index is 0.0508. The van der Waals surface area contributed by atoms with Gasteiger partial charge in [-0.05, 0) is 37.5 Å². The van der Waals surface area contributed by atoms with E-state index in [-0.39, 0.29) is 17.6 Å². The highest BCUT2D eigenvalue weighted by molar-refractivity contribution is 6.33. The molecule has 0 saturated heterocycles. The number of halogens is 1. The molecule has 0 unspecified atom stereocenters. The highest BCUT2D eigenvalue weighted by Crippen LogP contribution is 2.30. The summed E-state index contributed by atoms with van der Waals surface area (Å²) in [5, 5.41) is 6.77. The van der Waals surface area contributed by atoms with Gasteiger partial charge in [0.15, 0.2) is 0 Å². The lowest BCUT2D eigenvalue weighted by Gasteiger charge is -2.30. The average molecular weight is 375 g/mol. The highest BCUT2D eigenvalue weighted by Gasteiger charge is 2.24. The molecule has 138 valence electrons. The highest BCUT2D eigenvalue weighted by atomic mass is 35.5. The molecule has 1 amide bonds. The third-order valence-electron chi connectivity index (χ3n) is 4.52. The van der Waals surface area contributed by atoms with Crippen molar-refractivity contribution < 1.29 is 4.79 Å². The molecule has 2 aromatic rings. The van der Waals surface area contributed by atoms with Crippen LogP contribution in [0.15, 0.2) is 24.5 Å². The van der Waals surface area contributed by atoms with Crippen molar-refractivity contribution in [2.75, 3.05) is 10.6 Å². The third kappa shape index (κ3) is 4.23. The fraction of sp³-hybridized carbons (Fsp3) is 0.389. The van der Waals surface area contributed by atoms with Gasteiger partial charge in [0.25, 0.3) is 5.91 Å². The smallest absolute Gasteiger partial charge is 0.252 e. The van der Waals surface area contributed by atoms with Crippen molar-refractivity contribution in [2.24, 2.45) is 11.5 Å². The summed E-state index contributed by atoms with van der Waals surface area (Å²) in [5.74, 6) is 0.215. The number of nitrogens with one attached hydrogen (secondary N) is 2. The maximum atomic E-state index is 11.8. The zero-order valence-corrected chi connectivity index (χ0v) is 15.4. The van der Waals surface area contributed by atoms with Crippen molar-refractivity contribution in [1.29, 1.82) is 0 Å². The molecule has 1 aliphatic rings. The number of carbonyl (C=O) groups is 1. The molecule has 0 aromatic carbocycles. The Hall–Kier alpha value is -2.38. The SMILES string of the molecule is Cc1cncc(Nc2nc(N[C@@H]3CCCC[C@@H]3N)c(Cl)cc2C(N)=O)c1. The molecule has 3 rings (SSSR count). The lowest BCUT2D eigenvalue weighted by Crippen LogP contribution is -2.42. The minimum Gasteiger partial charge on any atom is -0.365 e. The summed E-state index contributed by atoms with van der Waals surface area (Å²) in [6.07, 6.45) is 7.57. The molecule has 8 heteroatoms. The van der Waals surface area contributed by atoms with Crippen molar-refractivity contribution in [3.8, 4) is 0 Å². The van der Waals surface area contributed by atoms with Gasteiger partial charge < -0.3 is 22.1 Å². The first kappa shape index (κ1) is 18.4. The fourth-order valence-electron chi connectivity index (χ4n) is 3.15. The summed E-state index contributed by atoms with van der Waals surface area (Å²) in [4.78, 5) is 20.5. The molecule has 26 heavy (non-hydrogen) atoms. The summed E-state index contributed by atoms with van der Waals surface area (Å²) >= 11 is 6.33. The van der Waals surface area contributed by atoms with Gasteiger partial charge in [0.2, 0.25) is 0 Å². The zero-order chi connectivity index (χ0) is 18.7. The summed E-state index contributed by atoms with van der Waals surface area (Å²) in [6, 6.07) is 3.58. The predicted molar refractivity (Wildman–Crippen MR) is 104 cm³/mol. The van der Waals surface area contributed by atoms with Crippen LogP contribution in [0, 0.1) is 6.92 Å². The van der Waals surface area contributed by atoms with Crippen LogP contribution in [0.25, 0.3) is 0 Å². The topological polar surface area (TPSA) is 119 Å². The molecule has 6 N–H and O–H groups in total. The van der Waals surface area contributed by atoms with Crippen LogP contribution in [0.5, 0.6) is 0 Å². The quantitative estimate of drug-likeness (QED) is 0.638. The standard InChI is InChI=1S/C18H23ClN6O/c1-10-6-11(9-22-8-10)23-17-12(16(21)26)7-13(19)18(25-17)24-15-5-3-2-4-14(15)20/h6-9,14-15H,2-5,20H2,1H3,(H2,21,26)(H2,23,24,25)/t14-,15+/m0/s1. The predicted octanol–water partition coefficient (Wildman–Crippen LogP) is 2.96. The van der Waals surface area contributed by atoms with Crippen molar-refractivity contribution in [3.05, 3.63) is 40.7 Å². The van der Waals surface area contributed by atoms with Gasteiger partial charge in [0.1, 0.15) is 11.6 Å². The van der Waals surface area contributed by atoms with Crippen LogP contribution in [0.1, 0.15) is 41.6 Å². The number of carbonyl (C=O) groups excluding carboxylic acids is 1. The summed E-state index contributed by atoms with van der Waals surface area (Å²) in [7, 11) is 0. The van der Waals surface area contributed by atoms with E-state index in [9.17, 15) is 4.79 Å². The first-order valence-electron chi connectivity index (χ1n) is 8.65. The lowest BCUT2D eigenvalue weighted by atomic mass is 9.91. The molecule has 2 heterocycles. The normalized spacial score (nSPS) is 19.8. The first-order chi connectivity index (χ1) is 12.4. The molecule has 0 aliphatic heterocycles. The number of hydrogen-bond donors (Lipinski definition) is 4. The number of nitrogens with two attached hydrogens (primary N) is 2. The number of anilines is 3. The van der Waals surface area contributed by atoms with E-state index in [2.05, 4.69) is 20.6 Å². The Morgan fingerprint density at radius 2 is 2.00 bits per heavy atom. The number of aryl methyl sites for hydroxylation is 1. The molecule has 7 nitrogen and oxygen atoms in total. The largest absolute Gasteiger partial charge is 0.365 e. The minimum atomic E-state index is -0.608. The molecule has 1 fully saturated rings. The number of aromatic nitrogens is 2. The Bertz CT molecular complexity index is 812. The summed E-state index contributed by atoms with van der Waals surface area (Å²) in [5.41, 5.74) is 13.6. The van der Waals surface area contributed by atoms with Crippen molar-refractivity contribution in [1.82, 2.24) is 9.97 Å². The number of nitrogens with zero attached hydrogens (tertiary/aromatic N) is 2. The first-order valence-corrected chi connectivity index (χ1v) is 9.03. The van der Waals surface area contributed by atoms with E-state index in [1.165, 1.54) is 6.07 Å². The second-order valence-electron chi connectivity index (χ2n) is 6.65. The van der Waals surface area contributed by atoms with E-state index in [1.54, 1.807) is 12.4 Å². The van der Waals surface area contributed by atoms with Gasteiger partial charge in [-0.2, -0.15) is 0 Å². The fourth-order valence-corrected chi connectivity index (χ4v) is 3.35. The van der Waals surface area contributed by atoms with Crippen molar-refractivity contribution in [3.63, 3.8) is 0 Å². The van der Waals surface area contributed by atoms with Gasteiger partial charge in [-0.25, -0.2) is 4.98 Å². The van der Waals surface area contributed by atoms with E-state index in [0.717, 1.165) is 31.2 Å². The molecular formula is C18H23ClN6O. The molecule has 0 spiro atoms. The van der Waals surface area contributed by atoms with Crippen LogP contribution in [0.4, 0.5) is 17.3 Å². The van der Waals surface area contributed by atoms with Gasteiger partial charge >= 0.3 is 0 Å². The molecule has 0 radical (unpaired) electrons. The number of primary amides is 1. The maximum absolute atomic E-state index is 11.8. The van der Waals surface area contributed by atoms with E-state index in [0.29, 0.717) is 22.3 Å². The van der Waals surface area contributed by atoms with E-state index >= 15 is 0 Å². The van der Waals surface area contributed by atoms with E-state index < -0.39 is 5.91 Å². The zero-order valence-electron chi connectivity index (χ0n) is 14.6. The van der Waals surface area contributed by atoms with Crippen molar-refractivity contribution >= 4 is 34.8 Å². The molecule has 0 bridgehead atoms. The Morgan fingerprint density at radius 1 is 1.23 bits per heavy atom. The van der Waals surface area contributed by atoms with Crippen LogP contribution in [0.2, 0.25) is 5.02 Å². The maximum Gasteiger partial charge on any atom is 0.252 e. The molecular weight excluding hydrogens is 352 g/mol. The summed E-state index contributed by atoms with van der Waals surface area (Å²) in [6.45, 7) is 1.93. The van der Waals surface area contributed by atoms with Crippen LogP contribution >= 0.6 is 11.6 Å². The number of amides is 1. The van der Waals surface area contributed by atoms with E-state index in [1.807, 2.05) is 13.0 Å². The lowest BCUT2D eigenvalue weighted by molar-refractivity contribution is 0.100. The third-order valence-corrected chi connectivity index (χ3v) is 4.81. The van der Waals surface area contributed by atoms with Gasteiger partial charge in [-0.3, -0.25) is 9.78 Å². The van der Waals surface area contributed by atoms with Gasteiger partial charge in [0.05, 0.1) is 22.5 Å².